The maximum absolute atomic E-state index is 14.4. The molecule has 1 fully saturated rings. The van der Waals surface area contributed by atoms with E-state index in [0.717, 1.165) is 24.8 Å². The number of hydrogen-bond acceptors (Lipinski definition) is 4. The van der Waals surface area contributed by atoms with Crippen LogP contribution in [0.15, 0.2) is 23.0 Å². The lowest BCUT2D eigenvalue weighted by Gasteiger charge is -2.18. The molecule has 2 N–H and O–H groups in total. The smallest absolute Gasteiger partial charge is 0.278 e. The summed E-state index contributed by atoms with van der Waals surface area (Å²) >= 11 is 6.32. The monoisotopic (exact) mass is 435 g/mol. The number of fused-ring (bicyclic) bond motifs is 1. The summed E-state index contributed by atoms with van der Waals surface area (Å²) in [6, 6.07) is 4.66. The standard InChI is InChI=1S/C20H21ClFN3O3.C2H6/c1-11-4-7-14(13(22)9-11)23-18-16(19(26)24-28-10-12-5-6-12)15-3-2-8-25(15)20(27)17(18)21;1-2/h4,7,9,12,23H,2-3,5-6,8,10H2,1H3,(H,24,26);1-2H3. The Balaban J connectivity index is 0.00000124. The number of rotatable bonds is 6. The second kappa shape index (κ2) is 9.62. The number of benzene rings is 1. The van der Waals surface area contributed by atoms with E-state index in [4.69, 9.17) is 16.4 Å². The molecule has 1 aliphatic carbocycles. The number of amides is 1. The molecule has 0 bridgehead atoms. The third-order valence-electron chi connectivity index (χ3n) is 5.10. The van der Waals surface area contributed by atoms with Gasteiger partial charge in [-0.1, -0.05) is 31.5 Å². The molecule has 30 heavy (non-hydrogen) atoms. The number of hydroxylamine groups is 1. The first-order valence-corrected chi connectivity index (χ1v) is 10.7. The highest BCUT2D eigenvalue weighted by atomic mass is 35.5. The highest BCUT2D eigenvalue weighted by Gasteiger charge is 2.29. The van der Waals surface area contributed by atoms with Gasteiger partial charge in [-0.2, -0.15) is 0 Å². The zero-order chi connectivity index (χ0) is 21.8. The molecule has 0 saturated heterocycles. The molecule has 2 aromatic rings. The molecule has 6 nitrogen and oxygen atoms in total. The minimum absolute atomic E-state index is 0.107. The van der Waals surface area contributed by atoms with Gasteiger partial charge in [0.1, 0.15) is 10.8 Å². The van der Waals surface area contributed by atoms with Crippen molar-refractivity contribution in [2.24, 2.45) is 5.92 Å². The second-order valence-electron chi connectivity index (χ2n) is 7.36. The van der Waals surface area contributed by atoms with E-state index in [9.17, 15) is 14.0 Å². The molecule has 1 aliphatic heterocycles. The molecule has 1 saturated carbocycles. The predicted octanol–water partition coefficient (Wildman–Crippen LogP) is 4.74. The highest BCUT2D eigenvalue weighted by molar-refractivity contribution is 6.34. The van der Waals surface area contributed by atoms with Crippen LogP contribution in [0.1, 0.15) is 54.7 Å². The van der Waals surface area contributed by atoms with Gasteiger partial charge in [-0.05, 0) is 56.2 Å². The van der Waals surface area contributed by atoms with Gasteiger partial charge < -0.3 is 9.88 Å². The van der Waals surface area contributed by atoms with Crippen LogP contribution in [-0.2, 0) is 17.8 Å². The van der Waals surface area contributed by atoms with Crippen LogP contribution in [-0.4, -0.2) is 17.1 Å². The first kappa shape index (κ1) is 22.3. The molecular formula is C22H27ClFN3O3. The van der Waals surface area contributed by atoms with Crippen LogP contribution in [0.4, 0.5) is 15.8 Å². The van der Waals surface area contributed by atoms with Gasteiger partial charge in [0.25, 0.3) is 11.5 Å². The number of halogens is 2. The number of anilines is 2. The lowest BCUT2D eigenvalue weighted by Crippen LogP contribution is -2.31. The van der Waals surface area contributed by atoms with E-state index < -0.39 is 11.7 Å². The third-order valence-corrected chi connectivity index (χ3v) is 5.45. The number of carbonyl (C=O) groups is 1. The molecule has 162 valence electrons. The van der Waals surface area contributed by atoms with Gasteiger partial charge in [-0.15, -0.1) is 0 Å². The van der Waals surface area contributed by atoms with Gasteiger partial charge in [0.05, 0.1) is 23.5 Å². The van der Waals surface area contributed by atoms with Crippen LogP contribution in [0.3, 0.4) is 0 Å². The van der Waals surface area contributed by atoms with Crippen LogP contribution >= 0.6 is 11.6 Å². The summed E-state index contributed by atoms with van der Waals surface area (Å²) in [4.78, 5) is 30.8. The summed E-state index contributed by atoms with van der Waals surface area (Å²) in [5.41, 5.74) is 3.87. The summed E-state index contributed by atoms with van der Waals surface area (Å²) in [6.45, 7) is 6.72. The molecule has 1 aromatic carbocycles. The van der Waals surface area contributed by atoms with Crippen molar-refractivity contribution >= 4 is 28.9 Å². The largest absolute Gasteiger partial charge is 0.351 e. The Morgan fingerprint density at radius 1 is 1.33 bits per heavy atom. The van der Waals surface area contributed by atoms with Gasteiger partial charge in [-0.3, -0.25) is 14.4 Å². The first-order valence-electron chi connectivity index (χ1n) is 10.4. The van der Waals surface area contributed by atoms with Crippen molar-refractivity contribution in [2.75, 3.05) is 11.9 Å². The molecule has 0 radical (unpaired) electrons. The normalized spacial score (nSPS) is 14.6. The fraction of sp³-hybridized carbons (Fsp3) is 0.455. The predicted molar refractivity (Wildman–Crippen MR) is 116 cm³/mol. The minimum atomic E-state index is -0.497. The Labute approximate surface area is 180 Å². The van der Waals surface area contributed by atoms with E-state index in [1.165, 1.54) is 10.6 Å². The molecule has 1 aromatic heterocycles. The van der Waals surface area contributed by atoms with Crippen LogP contribution in [0.25, 0.3) is 0 Å². The molecule has 2 aliphatic rings. The number of hydrogen-bond donors (Lipinski definition) is 2. The number of carbonyl (C=O) groups excluding carboxylic acids is 1. The van der Waals surface area contributed by atoms with Crippen LogP contribution in [0.5, 0.6) is 0 Å². The van der Waals surface area contributed by atoms with Gasteiger partial charge in [0.2, 0.25) is 0 Å². The fourth-order valence-electron chi connectivity index (χ4n) is 3.42. The van der Waals surface area contributed by atoms with Crippen molar-refractivity contribution in [3.05, 3.63) is 56.2 Å². The zero-order valence-electron chi connectivity index (χ0n) is 17.5. The van der Waals surface area contributed by atoms with Crippen LogP contribution in [0, 0.1) is 18.7 Å². The lowest BCUT2D eigenvalue weighted by atomic mass is 10.1. The highest BCUT2D eigenvalue weighted by Crippen LogP contribution is 2.33. The van der Waals surface area contributed by atoms with E-state index in [1.807, 2.05) is 13.8 Å². The number of aromatic nitrogens is 1. The summed E-state index contributed by atoms with van der Waals surface area (Å²) in [5, 5.41) is 2.72. The van der Waals surface area contributed by atoms with E-state index >= 15 is 0 Å². The van der Waals surface area contributed by atoms with Crippen molar-refractivity contribution in [3.8, 4) is 0 Å². The summed E-state index contributed by atoms with van der Waals surface area (Å²) in [7, 11) is 0. The summed E-state index contributed by atoms with van der Waals surface area (Å²) in [5.74, 6) is -0.511. The molecule has 0 spiro atoms. The van der Waals surface area contributed by atoms with Crippen LogP contribution < -0.4 is 16.4 Å². The number of pyridine rings is 1. The second-order valence-corrected chi connectivity index (χ2v) is 7.74. The molecule has 8 heteroatoms. The maximum Gasteiger partial charge on any atom is 0.278 e. The Morgan fingerprint density at radius 2 is 2.07 bits per heavy atom. The Bertz CT molecular complexity index is 1000. The first-order chi connectivity index (χ1) is 14.5. The minimum Gasteiger partial charge on any atom is -0.351 e. The Hall–Kier alpha value is -2.38. The number of aryl methyl sites for hydroxylation is 1. The van der Waals surface area contributed by atoms with Crippen molar-refractivity contribution in [1.29, 1.82) is 0 Å². The molecule has 2 heterocycles. The third kappa shape index (κ3) is 4.68. The quantitative estimate of drug-likeness (QED) is 0.643. The SMILES string of the molecule is CC.Cc1ccc(Nc2c(C(=O)NOCC3CC3)c3n(c(=O)c2Cl)CCC3)c(F)c1. The Kier molecular flexibility index (Phi) is 7.15. The number of nitrogens with one attached hydrogen (secondary N) is 2. The van der Waals surface area contributed by atoms with Crippen LogP contribution in [0.2, 0.25) is 5.02 Å². The molecule has 0 atom stereocenters. The van der Waals surface area contributed by atoms with Gasteiger partial charge >= 0.3 is 0 Å². The summed E-state index contributed by atoms with van der Waals surface area (Å²) < 4.78 is 15.9. The van der Waals surface area contributed by atoms with E-state index in [-0.39, 0.29) is 27.5 Å². The van der Waals surface area contributed by atoms with Crippen molar-refractivity contribution < 1.29 is 14.0 Å². The fourth-order valence-corrected chi connectivity index (χ4v) is 3.66. The van der Waals surface area contributed by atoms with Gasteiger partial charge in [0.15, 0.2) is 0 Å². The van der Waals surface area contributed by atoms with Gasteiger partial charge in [-0.25, -0.2) is 9.87 Å². The van der Waals surface area contributed by atoms with E-state index in [2.05, 4.69) is 10.8 Å². The average Bonchev–Trinajstić information content (AvgIpc) is 3.43. The van der Waals surface area contributed by atoms with E-state index in [0.29, 0.717) is 31.2 Å². The summed E-state index contributed by atoms with van der Waals surface area (Å²) in [6.07, 6.45) is 3.48. The Morgan fingerprint density at radius 3 is 2.73 bits per heavy atom. The topological polar surface area (TPSA) is 72.4 Å². The maximum atomic E-state index is 14.4. The molecule has 0 unspecified atom stereocenters. The average molecular weight is 436 g/mol. The zero-order valence-corrected chi connectivity index (χ0v) is 18.2. The number of nitrogens with zero attached hydrogens (tertiary/aromatic N) is 1. The molecule has 4 rings (SSSR count). The van der Waals surface area contributed by atoms with E-state index in [1.54, 1.807) is 19.1 Å². The van der Waals surface area contributed by atoms with Crippen molar-refractivity contribution in [3.63, 3.8) is 0 Å². The molecular weight excluding hydrogens is 409 g/mol. The lowest BCUT2D eigenvalue weighted by molar-refractivity contribution is 0.0269. The van der Waals surface area contributed by atoms with Crippen molar-refractivity contribution in [1.82, 2.24) is 10.0 Å². The van der Waals surface area contributed by atoms with Crippen molar-refractivity contribution in [2.45, 2.75) is 53.0 Å². The van der Waals surface area contributed by atoms with Gasteiger partial charge in [0, 0.05) is 12.2 Å². The molecule has 1 amide bonds.